The molecule has 1 aromatic heterocycles. The van der Waals surface area contributed by atoms with Gasteiger partial charge < -0.3 is 20.7 Å². The number of amides is 1. The average molecular weight is 382 g/mol. The van der Waals surface area contributed by atoms with E-state index in [-0.39, 0.29) is 11.9 Å². The Labute approximate surface area is 159 Å². The number of morpholine rings is 1. The third-order valence-electron chi connectivity index (χ3n) is 4.95. The summed E-state index contributed by atoms with van der Waals surface area (Å²) in [6, 6.07) is 3.69. The van der Waals surface area contributed by atoms with Gasteiger partial charge >= 0.3 is 0 Å². The third kappa shape index (κ3) is 5.54. The molecular formula is C18H28ClN5O2. The molecule has 0 spiro atoms. The van der Waals surface area contributed by atoms with Crippen molar-refractivity contribution in [2.75, 3.05) is 57.4 Å². The zero-order chi connectivity index (χ0) is 18.4. The van der Waals surface area contributed by atoms with E-state index in [4.69, 9.17) is 22.1 Å². The molecule has 2 aliphatic rings. The summed E-state index contributed by atoms with van der Waals surface area (Å²) in [4.78, 5) is 21.3. The summed E-state index contributed by atoms with van der Waals surface area (Å²) < 4.78 is 5.34. The van der Waals surface area contributed by atoms with Crippen molar-refractivity contribution < 1.29 is 9.53 Å². The average Bonchev–Trinajstić information content (AvgIpc) is 2.66. The van der Waals surface area contributed by atoms with E-state index in [1.54, 1.807) is 6.07 Å². The van der Waals surface area contributed by atoms with Gasteiger partial charge in [-0.25, -0.2) is 4.98 Å². The summed E-state index contributed by atoms with van der Waals surface area (Å²) in [7, 11) is 0. The van der Waals surface area contributed by atoms with Crippen LogP contribution < -0.4 is 16.0 Å². The number of ether oxygens (including phenoxy) is 1. The van der Waals surface area contributed by atoms with Crippen LogP contribution in [0.15, 0.2) is 12.1 Å². The first-order valence-electron chi connectivity index (χ1n) is 9.38. The number of carbonyl (C=O) groups is 1. The molecule has 0 unspecified atom stereocenters. The molecule has 0 radical (unpaired) electrons. The molecule has 8 heteroatoms. The Bertz CT molecular complexity index is 601. The van der Waals surface area contributed by atoms with Crippen LogP contribution in [0.2, 0.25) is 5.15 Å². The fourth-order valence-electron chi connectivity index (χ4n) is 3.34. The summed E-state index contributed by atoms with van der Waals surface area (Å²) in [5.74, 6) is 0.647. The molecule has 144 valence electrons. The SMILES string of the molecule is NC1CCN(c2cc(C(=O)NCCCN3CCOCC3)cc(Cl)n2)CC1. The molecule has 0 atom stereocenters. The second-order valence-electron chi connectivity index (χ2n) is 6.92. The van der Waals surface area contributed by atoms with Crippen molar-refractivity contribution in [2.24, 2.45) is 5.73 Å². The molecule has 1 aromatic rings. The Morgan fingerprint density at radius 3 is 2.73 bits per heavy atom. The Hall–Kier alpha value is -1.41. The van der Waals surface area contributed by atoms with E-state index < -0.39 is 0 Å². The Balaban J connectivity index is 1.50. The number of hydrogen-bond donors (Lipinski definition) is 2. The van der Waals surface area contributed by atoms with E-state index >= 15 is 0 Å². The molecule has 0 aromatic carbocycles. The molecule has 7 nitrogen and oxygen atoms in total. The number of piperidine rings is 1. The van der Waals surface area contributed by atoms with Gasteiger partial charge in [0.2, 0.25) is 0 Å². The highest BCUT2D eigenvalue weighted by molar-refractivity contribution is 6.29. The molecule has 3 rings (SSSR count). The summed E-state index contributed by atoms with van der Waals surface area (Å²) in [6.07, 6.45) is 2.77. The number of rotatable bonds is 6. The lowest BCUT2D eigenvalue weighted by Gasteiger charge is -2.31. The normalized spacial score (nSPS) is 19.5. The van der Waals surface area contributed by atoms with Crippen molar-refractivity contribution in [2.45, 2.75) is 25.3 Å². The number of nitrogens with two attached hydrogens (primary N) is 1. The lowest BCUT2D eigenvalue weighted by Crippen LogP contribution is -2.40. The molecule has 0 saturated carbocycles. The van der Waals surface area contributed by atoms with E-state index in [2.05, 4.69) is 20.1 Å². The van der Waals surface area contributed by atoms with E-state index in [1.807, 2.05) is 6.07 Å². The number of pyridine rings is 1. The van der Waals surface area contributed by atoms with Crippen molar-refractivity contribution >= 4 is 23.3 Å². The maximum Gasteiger partial charge on any atom is 0.251 e. The molecule has 26 heavy (non-hydrogen) atoms. The number of aromatic nitrogens is 1. The second kappa shape index (κ2) is 9.50. The quantitative estimate of drug-likeness (QED) is 0.567. The van der Waals surface area contributed by atoms with Crippen LogP contribution in [0.5, 0.6) is 0 Å². The van der Waals surface area contributed by atoms with Gasteiger partial charge in [0.15, 0.2) is 0 Å². The van der Waals surface area contributed by atoms with Crippen LogP contribution in [0.1, 0.15) is 29.6 Å². The largest absolute Gasteiger partial charge is 0.379 e. The van der Waals surface area contributed by atoms with Gasteiger partial charge in [-0.1, -0.05) is 11.6 Å². The van der Waals surface area contributed by atoms with Crippen molar-refractivity contribution in [1.82, 2.24) is 15.2 Å². The summed E-state index contributed by atoms with van der Waals surface area (Å²) in [6.45, 7) is 6.83. The standard InChI is InChI=1S/C18H28ClN5O2/c19-16-12-14(13-17(22-16)24-6-2-15(20)3-7-24)18(25)21-4-1-5-23-8-10-26-11-9-23/h12-13,15H,1-11,20H2,(H,21,25). The predicted molar refractivity (Wildman–Crippen MR) is 103 cm³/mol. The molecular weight excluding hydrogens is 354 g/mol. The van der Waals surface area contributed by atoms with Gasteiger partial charge in [0.05, 0.1) is 13.2 Å². The van der Waals surface area contributed by atoms with Crippen LogP contribution in [-0.2, 0) is 4.74 Å². The molecule has 2 saturated heterocycles. The fourth-order valence-corrected chi connectivity index (χ4v) is 3.54. The van der Waals surface area contributed by atoms with Crippen LogP contribution in [0.25, 0.3) is 0 Å². The Morgan fingerprint density at radius 2 is 2.00 bits per heavy atom. The van der Waals surface area contributed by atoms with Crippen molar-refractivity contribution in [3.05, 3.63) is 22.8 Å². The van der Waals surface area contributed by atoms with Crippen LogP contribution in [-0.4, -0.2) is 74.3 Å². The van der Waals surface area contributed by atoms with E-state index in [0.717, 1.165) is 71.0 Å². The first-order valence-corrected chi connectivity index (χ1v) is 9.76. The fraction of sp³-hybridized carbons (Fsp3) is 0.667. The maximum atomic E-state index is 12.5. The van der Waals surface area contributed by atoms with E-state index in [9.17, 15) is 4.79 Å². The summed E-state index contributed by atoms with van der Waals surface area (Å²) in [5, 5.41) is 3.32. The maximum absolute atomic E-state index is 12.5. The zero-order valence-corrected chi connectivity index (χ0v) is 15.9. The number of nitrogens with one attached hydrogen (secondary N) is 1. The Kier molecular flexibility index (Phi) is 7.07. The van der Waals surface area contributed by atoms with E-state index in [0.29, 0.717) is 17.3 Å². The lowest BCUT2D eigenvalue weighted by atomic mass is 10.1. The minimum absolute atomic E-state index is 0.105. The van der Waals surface area contributed by atoms with Crippen molar-refractivity contribution in [3.8, 4) is 0 Å². The Morgan fingerprint density at radius 1 is 1.27 bits per heavy atom. The minimum Gasteiger partial charge on any atom is -0.379 e. The summed E-state index contributed by atoms with van der Waals surface area (Å²) in [5.41, 5.74) is 6.51. The van der Waals surface area contributed by atoms with Crippen molar-refractivity contribution in [1.29, 1.82) is 0 Å². The second-order valence-corrected chi connectivity index (χ2v) is 7.31. The van der Waals surface area contributed by atoms with Gasteiger partial charge in [0.1, 0.15) is 11.0 Å². The van der Waals surface area contributed by atoms with Gasteiger partial charge in [-0.3, -0.25) is 9.69 Å². The van der Waals surface area contributed by atoms with Crippen molar-refractivity contribution in [3.63, 3.8) is 0 Å². The number of hydrogen-bond acceptors (Lipinski definition) is 6. The number of anilines is 1. The number of carbonyl (C=O) groups excluding carboxylic acids is 1. The van der Waals surface area contributed by atoms with Crippen LogP contribution in [0.3, 0.4) is 0 Å². The lowest BCUT2D eigenvalue weighted by molar-refractivity contribution is 0.0374. The third-order valence-corrected chi connectivity index (χ3v) is 5.14. The minimum atomic E-state index is -0.105. The van der Waals surface area contributed by atoms with Gasteiger partial charge in [-0.05, 0) is 37.9 Å². The highest BCUT2D eigenvalue weighted by Crippen LogP contribution is 2.21. The molecule has 3 heterocycles. The highest BCUT2D eigenvalue weighted by atomic mass is 35.5. The predicted octanol–water partition coefficient (Wildman–Crippen LogP) is 1.11. The monoisotopic (exact) mass is 381 g/mol. The zero-order valence-electron chi connectivity index (χ0n) is 15.1. The van der Waals surface area contributed by atoms with Crippen LogP contribution in [0.4, 0.5) is 5.82 Å². The summed E-state index contributed by atoms with van der Waals surface area (Å²) >= 11 is 6.14. The first kappa shape index (κ1) is 19.4. The first-order chi connectivity index (χ1) is 12.6. The molecule has 0 aliphatic carbocycles. The number of nitrogens with zero attached hydrogens (tertiary/aromatic N) is 3. The van der Waals surface area contributed by atoms with Crippen LogP contribution >= 0.6 is 11.6 Å². The van der Waals surface area contributed by atoms with Crippen LogP contribution in [0, 0.1) is 0 Å². The molecule has 0 bridgehead atoms. The topological polar surface area (TPSA) is 83.7 Å². The van der Waals surface area contributed by atoms with Gasteiger partial charge in [0.25, 0.3) is 5.91 Å². The highest BCUT2D eigenvalue weighted by Gasteiger charge is 2.19. The molecule has 3 N–H and O–H groups in total. The number of halogens is 1. The molecule has 2 aliphatic heterocycles. The van der Waals surface area contributed by atoms with Gasteiger partial charge in [0, 0.05) is 44.3 Å². The van der Waals surface area contributed by atoms with Gasteiger partial charge in [-0.2, -0.15) is 0 Å². The molecule has 2 fully saturated rings. The molecule has 1 amide bonds. The van der Waals surface area contributed by atoms with Gasteiger partial charge in [-0.15, -0.1) is 0 Å². The smallest absolute Gasteiger partial charge is 0.251 e. The van der Waals surface area contributed by atoms with E-state index in [1.165, 1.54) is 0 Å².